The van der Waals surface area contributed by atoms with Gasteiger partial charge in [-0.1, -0.05) is 13.8 Å². The minimum Gasteiger partial charge on any atom is -0.351 e. The minimum atomic E-state index is -0.353. The Balaban J connectivity index is 1.77. The number of hydrogen-bond donors (Lipinski definition) is 0. The number of anilines is 1. The van der Waals surface area contributed by atoms with Crippen LogP contribution in [0.15, 0.2) is 35.1 Å². The molecule has 0 radical (unpaired) electrons. The molecule has 1 saturated heterocycles. The van der Waals surface area contributed by atoms with Gasteiger partial charge in [-0.2, -0.15) is 0 Å². The van der Waals surface area contributed by atoms with E-state index in [-0.39, 0.29) is 10.6 Å². The Kier molecular flexibility index (Phi) is 4.89. The van der Waals surface area contributed by atoms with Crippen molar-refractivity contribution >= 4 is 27.4 Å². The van der Waals surface area contributed by atoms with Crippen molar-refractivity contribution in [2.75, 3.05) is 18.0 Å². The number of nitro groups is 1. The van der Waals surface area contributed by atoms with Gasteiger partial charge in [0, 0.05) is 47.8 Å². The quantitative estimate of drug-likeness (QED) is 0.566. The minimum absolute atomic E-state index is 0.0857. The van der Waals surface area contributed by atoms with Gasteiger partial charge in [-0.25, -0.2) is 4.98 Å². The highest BCUT2D eigenvalue weighted by Gasteiger charge is 2.27. The molecule has 0 saturated carbocycles. The van der Waals surface area contributed by atoms with E-state index in [4.69, 9.17) is 0 Å². The Morgan fingerprint density at radius 2 is 2.04 bits per heavy atom. The molecule has 3 heterocycles. The highest BCUT2D eigenvalue weighted by Crippen LogP contribution is 2.35. The molecule has 0 N–H and O–H groups in total. The summed E-state index contributed by atoms with van der Waals surface area (Å²) in [5.41, 5.74) is 1.40. The van der Waals surface area contributed by atoms with E-state index in [0.717, 1.165) is 30.4 Å². The second-order valence-corrected chi connectivity index (χ2v) is 7.29. The summed E-state index contributed by atoms with van der Waals surface area (Å²) in [6.45, 7) is 5.94. The zero-order chi connectivity index (χ0) is 17.3. The summed E-state index contributed by atoms with van der Waals surface area (Å²) < 4.78 is 3.51. The molecule has 1 fully saturated rings. The summed E-state index contributed by atoms with van der Waals surface area (Å²) in [4.78, 5) is 17.1. The van der Waals surface area contributed by atoms with Gasteiger partial charge in [0.2, 0.25) is 5.82 Å². The second kappa shape index (κ2) is 6.93. The first-order valence-electron chi connectivity index (χ1n) is 8.19. The molecular weight excluding hydrogens is 372 g/mol. The van der Waals surface area contributed by atoms with Crippen LogP contribution in [0.3, 0.4) is 0 Å². The maximum Gasteiger partial charge on any atom is 0.311 e. The zero-order valence-electron chi connectivity index (χ0n) is 13.9. The normalized spacial score (nSPS) is 15.9. The Labute approximate surface area is 149 Å². The van der Waals surface area contributed by atoms with E-state index >= 15 is 0 Å². The first-order chi connectivity index (χ1) is 11.5. The molecule has 1 aliphatic heterocycles. The summed E-state index contributed by atoms with van der Waals surface area (Å²) in [6, 6.07) is 5.66. The molecule has 24 heavy (non-hydrogen) atoms. The zero-order valence-corrected chi connectivity index (χ0v) is 15.4. The maximum absolute atomic E-state index is 11.2. The fourth-order valence-electron chi connectivity index (χ4n) is 3.46. The van der Waals surface area contributed by atoms with E-state index in [1.165, 1.54) is 11.8 Å². The largest absolute Gasteiger partial charge is 0.351 e. The van der Waals surface area contributed by atoms with E-state index in [2.05, 4.69) is 51.6 Å². The SMILES string of the molecule is CC(C)c1c(Br)ccn1C1CCN(c2ncccc2[N+](=O)[O-])CC1. The van der Waals surface area contributed by atoms with Gasteiger partial charge in [-0.3, -0.25) is 10.1 Å². The number of nitrogens with zero attached hydrogens (tertiary/aromatic N) is 4. The van der Waals surface area contributed by atoms with Crippen molar-refractivity contribution in [1.82, 2.24) is 9.55 Å². The van der Waals surface area contributed by atoms with Crippen LogP contribution >= 0.6 is 15.9 Å². The van der Waals surface area contributed by atoms with Crippen LogP contribution < -0.4 is 4.90 Å². The maximum atomic E-state index is 11.2. The van der Waals surface area contributed by atoms with Gasteiger partial charge in [-0.05, 0) is 46.8 Å². The highest BCUT2D eigenvalue weighted by atomic mass is 79.9. The highest BCUT2D eigenvalue weighted by molar-refractivity contribution is 9.10. The van der Waals surface area contributed by atoms with E-state index in [1.807, 2.05) is 4.90 Å². The van der Waals surface area contributed by atoms with Crippen molar-refractivity contribution in [2.24, 2.45) is 0 Å². The smallest absolute Gasteiger partial charge is 0.311 e. The number of aromatic nitrogens is 2. The van der Waals surface area contributed by atoms with Gasteiger partial charge < -0.3 is 9.47 Å². The predicted molar refractivity (Wildman–Crippen MR) is 97.6 cm³/mol. The third-order valence-electron chi connectivity index (χ3n) is 4.57. The molecule has 128 valence electrons. The van der Waals surface area contributed by atoms with Gasteiger partial charge >= 0.3 is 5.69 Å². The number of piperidine rings is 1. The Morgan fingerprint density at radius 3 is 2.67 bits per heavy atom. The fraction of sp³-hybridized carbons (Fsp3) is 0.471. The fourth-order valence-corrected chi connectivity index (χ4v) is 4.24. The topological polar surface area (TPSA) is 64.2 Å². The van der Waals surface area contributed by atoms with Gasteiger partial charge in [0.15, 0.2) is 0 Å². The van der Waals surface area contributed by atoms with Gasteiger partial charge in [0.1, 0.15) is 0 Å². The summed E-state index contributed by atoms with van der Waals surface area (Å²) >= 11 is 3.64. The van der Waals surface area contributed by atoms with E-state index in [0.29, 0.717) is 17.8 Å². The van der Waals surface area contributed by atoms with Crippen molar-refractivity contribution in [2.45, 2.75) is 38.6 Å². The molecule has 6 nitrogen and oxygen atoms in total. The predicted octanol–water partition coefficient (Wildman–Crippen LogP) is 4.52. The molecule has 0 unspecified atom stereocenters. The lowest BCUT2D eigenvalue weighted by atomic mass is 10.0. The standard InChI is InChI=1S/C17H21BrN4O2/c1-12(2)16-14(18)7-11-21(16)13-5-9-20(10-6-13)17-15(22(23)24)4-3-8-19-17/h3-4,7-8,11-13H,5-6,9-10H2,1-2H3. The molecule has 2 aromatic heterocycles. The van der Waals surface area contributed by atoms with Crippen LogP contribution in [-0.4, -0.2) is 27.6 Å². The number of rotatable bonds is 4. The molecule has 0 spiro atoms. The molecule has 0 atom stereocenters. The van der Waals surface area contributed by atoms with Crippen molar-refractivity contribution in [3.8, 4) is 0 Å². The van der Waals surface area contributed by atoms with E-state index in [1.54, 1.807) is 12.3 Å². The first kappa shape index (κ1) is 17.0. The third kappa shape index (κ3) is 3.17. The summed E-state index contributed by atoms with van der Waals surface area (Å²) in [5.74, 6) is 0.933. The van der Waals surface area contributed by atoms with Crippen molar-refractivity contribution < 1.29 is 4.92 Å². The van der Waals surface area contributed by atoms with Crippen molar-refractivity contribution in [3.63, 3.8) is 0 Å². The van der Waals surface area contributed by atoms with Crippen LogP contribution in [0.1, 0.15) is 44.3 Å². The second-order valence-electron chi connectivity index (χ2n) is 6.43. The molecule has 0 aliphatic carbocycles. The van der Waals surface area contributed by atoms with Crippen LogP contribution in [0.25, 0.3) is 0 Å². The lowest BCUT2D eigenvalue weighted by molar-refractivity contribution is -0.384. The molecular formula is C17H21BrN4O2. The van der Waals surface area contributed by atoms with Gasteiger partial charge in [0.25, 0.3) is 0 Å². The number of pyridine rings is 1. The summed E-state index contributed by atoms with van der Waals surface area (Å²) in [7, 11) is 0. The van der Waals surface area contributed by atoms with Crippen LogP contribution in [0.5, 0.6) is 0 Å². The first-order valence-corrected chi connectivity index (χ1v) is 8.99. The summed E-state index contributed by atoms with van der Waals surface area (Å²) in [5, 5.41) is 11.2. The lowest BCUT2D eigenvalue weighted by Gasteiger charge is -2.34. The number of halogens is 1. The van der Waals surface area contributed by atoms with Crippen LogP contribution in [0, 0.1) is 10.1 Å². The molecule has 3 rings (SSSR count). The van der Waals surface area contributed by atoms with Crippen molar-refractivity contribution in [1.29, 1.82) is 0 Å². The molecule has 7 heteroatoms. The van der Waals surface area contributed by atoms with Gasteiger partial charge in [-0.15, -0.1) is 0 Å². The molecule has 1 aliphatic rings. The molecule has 2 aromatic rings. The average Bonchev–Trinajstić information content (AvgIpc) is 2.97. The Bertz CT molecular complexity index is 736. The molecule has 0 bridgehead atoms. The van der Waals surface area contributed by atoms with E-state index < -0.39 is 0 Å². The third-order valence-corrected chi connectivity index (χ3v) is 5.24. The van der Waals surface area contributed by atoms with Gasteiger partial charge in [0.05, 0.1) is 4.92 Å². The molecule has 0 amide bonds. The molecule has 0 aromatic carbocycles. The monoisotopic (exact) mass is 392 g/mol. The van der Waals surface area contributed by atoms with Crippen LogP contribution in [0.2, 0.25) is 0 Å². The Morgan fingerprint density at radius 1 is 1.33 bits per heavy atom. The Hall–Kier alpha value is -1.89. The lowest BCUT2D eigenvalue weighted by Crippen LogP contribution is -2.35. The van der Waals surface area contributed by atoms with Crippen LogP contribution in [-0.2, 0) is 0 Å². The van der Waals surface area contributed by atoms with E-state index in [9.17, 15) is 10.1 Å². The summed E-state index contributed by atoms with van der Waals surface area (Å²) in [6.07, 6.45) is 5.67. The van der Waals surface area contributed by atoms with Crippen molar-refractivity contribution in [3.05, 3.63) is 50.9 Å². The average molecular weight is 393 g/mol. The number of hydrogen-bond acceptors (Lipinski definition) is 4. The van der Waals surface area contributed by atoms with Crippen LogP contribution in [0.4, 0.5) is 11.5 Å².